The third-order valence-electron chi connectivity index (χ3n) is 5.73. The number of fused-ring (bicyclic) bond motifs is 1. The van der Waals surface area contributed by atoms with Crippen LogP contribution in [0.5, 0.6) is 5.75 Å². The number of amides is 1. The number of nitrogens with zero attached hydrogens (tertiary/aromatic N) is 3. The first-order valence-electron chi connectivity index (χ1n) is 10.9. The molecular weight excluding hydrogens is 400 g/mol. The molecule has 0 bridgehead atoms. The molecule has 1 amide bonds. The monoisotopic (exact) mass is 428 g/mol. The van der Waals surface area contributed by atoms with Gasteiger partial charge in [0.25, 0.3) is 0 Å². The normalized spacial score (nSPS) is 11.0. The van der Waals surface area contributed by atoms with E-state index in [1.54, 1.807) is 7.11 Å². The summed E-state index contributed by atoms with van der Waals surface area (Å²) in [6.07, 6.45) is 1.88. The Morgan fingerprint density at radius 1 is 1.03 bits per heavy atom. The average molecular weight is 429 g/mol. The quantitative estimate of drug-likeness (QED) is 0.454. The van der Waals surface area contributed by atoms with Gasteiger partial charge in [-0.1, -0.05) is 42.5 Å². The molecule has 0 saturated heterocycles. The minimum absolute atomic E-state index is 0.0509. The van der Waals surface area contributed by atoms with Crippen molar-refractivity contribution in [2.45, 2.75) is 33.1 Å². The number of aryl methyl sites for hydroxylation is 2. The number of carbonyl (C=O) groups is 1. The molecule has 6 nitrogen and oxygen atoms in total. The van der Waals surface area contributed by atoms with Gasteiger partial charge in [-0.05, 0) is 49.9 Å². The van der Waals surface area contributed by atoms with Crippen molar-refractivity contribution < 1.29 is 9.53 Å². The van der Waals surface area contributed by atoms with Crippen molar-refractivity contribution in [2.24, 2.45) is 0 Å². The number of carbonyl (C=O) groups excluding carboxylic acids is 1. The molecule has 0 aliphatic rings. The molecule has 1 N–H and O–H groups in total. The molecule has 164 valence electrons. The van der Waals surface area contributed by atoms with Gasteiger partial charge in [0.15, 0.2) is 5.65 Å². The number of rotatable bonds is 8. The molecule has 0 atom stereocenters. The zero-order chi connectivity index (χ0) is 22.5. The molecule has 0 aliphatic heterocycles. The van der Waals surface area contributed by atoms with Crippen LogP contribution in [0.15, 0.2) is 60.7 Å². The molecule has 4 rings (SSSR count). The van der Waals surface area contributed by atoms with Gasteiger partial charge in [-0.2, -0.15) is 5.10 Å². The molecule has 0 aliphatic carbocycles. The minimum Gasteiger partial charge on any atom is -0.496 e. The highest BCUT2D eigenvalue weighted by Crippen LogP contribution is 2.29. The summed E-state index contributed by atoms with van der Waals surface area (Å²) in [6.45, 7) is 4.66. The highest BCUT2D eigenvalue weighted by molar-refractivity contribution is 5.76. The molecule has 0 unspecified atom stereocenters. The molecule has 0 fully saturated rings. The smallest absolute Gasteiger partial charge is 0.220 e. The molecule has 32 heavy (non-hydrogen) atoms. The molecule has 0 radical (unpaired) electrons. The highest BCUT2D eigenvalue weighted by atomic mass is 16.5. The summed E-state index contributed by atoms with van der Waals surface area (Å²) in [7, 11) is 1.66. The predicted molar refractivity (Wildman–Crippen MR) is 126 cm³/mol. The van der Waals surface area contributed by atoms with E-state index in [4.69, 9.17) is 14.8 Å². The van der Waals surface area contributed by atoms with E-state index >= 15 is 0 Å². The van der Waals surface area contributed by atoms with Crippen LogP contribution >= 0.6 is 0 Å². The molecule has 2 heterocycles. The molecular formula is C26H28N4O2. The molecule has 2 aromatic carbocycles. The van der Waals surface area contributed by atoms with Crippen molar-refractivity contribution in [3.8, 4) is 17.0 Å². The predicted octanol–water partition coefficient (Wildman–Crippen LogP) is 4.31. The second-order valence-corrected chi connectivity index (χ2v) is 7.85. The molecule has 4 aromatic rings. The van der Waals surface area contributed by atoms with Crippen molar-refractivity contribution in [3.63, 3.8) is 0 Å². The van der Waals surface area contributed by atoms with Crippen LogP contribution in [0.25, 0.3) is 16.9 Å². The van der Waals surface area contributed by atoms with Gasteiger partial charge in [-0.3, -0.25) is 4.79 Å². The summed E-state index contributed by atoms with van der Waals surface area (Å²) in [5.41, 5.74) is 6.75. The molecule has 6 heteroatoms. The zero-order valence-electron chi connectivity index (χ0n) is 18.8. The first-order valence-corrected chi connectivity index (χ1v) is 10.9. The maximum absolute atomic E-state index is 12.4. The Balaban J connectivity index is 1.46. The average Bonchev–Trinajstić information content (AvgIpc) is 3.23. The van der Waals surface area contributed by atoms with E-state index < -0.39 is 0 Å². The Morgan fingerprint density at radius 2 is 1.78 bits per heavy atom. The summed E-state index contributed by atoms with van der Waals surface area (Å²) in [5, 5.41) is 7.80. The number of benzene rings is 2. The number of ether oxygens (including phenoxy) is 1. The fraction of sp³-hybridized carbons (Fsp3) is 0.269. The van der Waals surface area contributed by atoms with Gasteiger partial charge in [0, 0.05) is 36.0 Å². The maximum Gasteiger partial charge on any atom is 0.220 e. The fourth-order valence-electron chi connectivity index (χ4n) is 3.99. The van der Waals surface area contributed by atoms with Gasteiger partial charge < -0.3 is 10.1 Å². The topological polar surface area (TPSA) is 68.5 Å². The van der Waals surface area contributed by atoms with Crippen molar-refractivity contribution in [2.75, 3.05) is 13.7 Å². The zero-order valence-corrected chi connectivity index (χ0v) is 18.8. The van der Waals surface area contributed by atoms with E-state index in [0.29, 0.717) is 19.4 Å². The van der Waals surface area contributed by atoms with Gasteiger partial charge in [-0.15, -0.1) is 0 Å². The van der Waals surface area contributed by atoms with Crippen LogP contribution in [0, 0.1) is 13.8 Å². The minimum atomic E-state index is 0.0509. The van der Waals surface area contributed by atoms with Gasteiger partial charge in [0.2, 0.25) is 5.91 Å². The first kappa shape index (κ1) is 21.6. The van der Waals surface area contributed by atoms with E-state index in [-0.39, 0.29) is 5.91 Å². The van der Waals surface area contributed by atoms with Gasteiger partial charge in [0.05, 0.1) is 12.8 Å². The van der Waals surface area contributed by atoms with Crippen molar-refractivity contribution in [3.05, 3.63) is 83.2 Å². The van der Waals surface area contributed by atoms with Gasteiger partial charge in [0.1, 0.15) is 5.75 Å². The Bertz CT molecular complexity index is 1230. The number of para-hydroxylation sites is 1. The second-order valence-electron chi connectivity index (χ2n) is 7.85. The fourth-order valence-corrected chi connectivity index (χ4v) is 3.99. The van der Waals surface area contributed by atoms with Crippen molar-refractivity contribution in [1.29, 1.82) is 0 Å². The van der Waals surface area contributed by atoms with Crippen molar-refractivity contribution >= 4 is 11.6 Å². The van der Waals surface area contributed by atoms with Crippen LogP contribution in [-0.4, -0.2) is 34.2 Å². The SMILES string of the molecule is COc1ccccc1-c1cc2nc(C)c(CCC(=O)NCCc3ccccc3)c(C)n2n1. The standard InChI is InChI=1S/C26H28N4O2/c1-18-21(13-14-26(31)27-16-15-20-9-5-4-6-10-20)19(2)30-25(28-18)17-23(29-30)22-11-7-8-12-24(22)32-3/h4-12,17H,13-16H2,1-3H3,(H,27,31). The third-order valence-corrected chi connectivity index (χ3v) is 5.73. The van der Waals surface area contributed by atoms with Crippen LogP contribution in [0.4, 0.5) is 0 Å². The van der Waals surface area contributed by atoms with Crippen LogP contribution < -0.4 is 10.1 Å². The lowest BCUT2D eigenvalue weighted by molar-refractivity contribution is -0.121. The Kier molecular flexibility index (Phi) is 6.50. The molecule has 2 aromatic heterocycles. The lowest BCUT2D eigenvalue weighted by atomic mass is 10.1. The Labute approximate surface area is 188 Å². The summed E-state index contributed by atoms with van der Waals surface area (Å²) in [6, 6.07) is 20.0. The van der Waals surface area contributed by atoms with Gasteiger partial charge in [-0.25, -0.2) is 9.50 Å². The van der Waals surface area contributed by atoms with Gasteiger partial charge >= 0.3 is 0 Å². The lowest BCUT2D eigenvalue weighted by Crippen LogP contribution is -2.26. The number of nitrogens with one attached hydrogen (secondary N) is 1. The largest absolute Gasteiger partial charge is 0.496 e. The molecule has 0 spiro atoms. The Morgan fingerprint density at radius 3 is 2.56 bits per heavy atom. The van der Waals surface area contributed by atoms with E-state index in [1.165, 1.54) is 5.56 Å². The van der Waals surface area contributed by atoms with Crippen LogP contribution in [0.3, 0.4) is 0 Å². The van der Waals surface area contributed by atoms with E-state index in [1.807, 2.05) is 66.9 Å². The number of hydrogen-bond donors (Lipinski definition) is 1. The van der Waals surface area contributed by atoms with E-state index in [9.17, 15) is 4.79 Å². The van der Waals surface area contributed by atoms with E-state index in [2.05, 4.69) is 17.4 Å². The number of hydrogen-bond acceptors (Lipinski definition) is 4. The van der Waals surface area contributed by atoms with Crippen molar-refractivity contribution in [1.82, 2.24) is 19.9 Å². The second kappa shape index (κ2) is 9.64. The van der Waals surface area contributed by atoms with E-state index in [0.717, 1.165) is 46.0 Å². The van der Waals surface area contributed by atoms with Crippen LogP contribution in [0.1, 0.15) is 28.9 Å². The molecule has 0 saturated carbocycles. The summed E-state index contributed by atoms with van der Waals surface area (Å²) < 4.78 is 7.34. The maximum atomic E-state index is 12.4. The first-order chi connectivity index (χ1) is 15.6. The summed E-state index contributed by atoms with van der Waals surface area (Å²) in [5.74, 6) is 0.827. The number of aromatic nitrogens is 3. The van der Waals surface area contributed by atoms with Crippen LogP contribution in [-0.2, 0) is 17.6 Å². The summed E-state index contributed by atoms with van der Waals surface area (Å²) >= 11 is 0. The number of methoxy groups -OCH3 is 1. The van der Waals surface area contributed by atoms with Crippen LogP contribution in [0.2, 0.25) is 0 Å². The lowest BCUT2D eigenvalue weighted by Gasteiger charge is -2.11. The Hall–Kier alpha value is -3.67. The summed E-state index contributed by atoms with van der Waals surface area (Å²) in [4.78, 5) is 17.1. The highest BCUT2D eigenvalue weighted by Gasteiger charge is 2.16. The third kappa shape index (κ3) is 4.64.